The van der Waals surface area contributed by atoms with Crippen molar-refractivity contribution in [3.05, 3.63) is 57.7 Å². The van der Waals surface area contributed by atoms with Crippen molar-refractivity contribution in [1.29, 1.82) is 0 Å². The van der Waals surface area contributed by atoms with Gasteiger partial charge in [-0.25, -0.2) is 9.69 Å². The molecule has 1 aliphatic rings. The summed E-state index contributed by atoms with van der Waals surface area (Å²) in [6, 6.07) is 9.25. The predicted molar refractivity (Wildman–Crippen MR) is 114 cm³/mol. The standard InChI is InChI=1S/C21H20Cl2N2O4/c1-4-28-18-11-13(9-16(23)19(18)29-12(2)3)10-17-20(26)25(21(27)24-17)15-7-5-14(22)6-8-15/h5-12H,4H2,1-3H3,(H,24,27)/b17-10+. The highest BCUT2D eigenvalue weighted by atomic mass is 35.5. The third kappa shape index (κ3) is 4.66. The maximum atomic E-state index is 12.8. The summed E-state index contributed by atoms with van der Waals surface area (Å²) in [5.41, 5.74) is 1.14. The number of amides is 3. The van der Waals surface area contributed by atoms with E-state index in [0.29, 0.717) is 39.4 Å². The van der Waals surface area contributed by atoms with Gasteiger partial charge in [-0.1, -0.05) is 23.2 Å². The molecule has 1 aliphatic heterocycles. The molecule has 0 saturated carbocycles. The molecule has 1 heterocycles. The monoisotopic (exact) mass is 434 g/mol. The number of nitrogens with zero attached hydrogens (tertiary/aromatic N) is 1. The van der Waals surface area contributed by atoms with Crippen molar-refractivity contribution in [1.82, 2.24) is 5.32 Å². The quantitative estimate of drug-likeness (QED) is 0.496. The van der Waals surface area contributed by atoms with Crippen LogP contribution in [0, 0.1) is 0 Å². The summed E-state index contributed by atoms with van der Waals surface area (Å²) < 4.78 is 11.4. The first-order valence-corrected chi connectivity index (χ1v) is 9.81. The van der Waals surface area contributed by atoms with Crippen molar-refractivity contribution in [3.8, 4) is 11.5 Å². The fraction of sp³-hybridized carbons (Fsp3) is 0.238. The zero-order valence-electron chi connectivity index (χ0n) is 16.2. The van der Waals surface area contributed by atoms with Crippen LogP contribution in [0.2, 0.25) is 10.0 Å². The molecule has 3 amide bonds. The average Bonchev–Trinajstić information content (AvgIpc) is 2.92. The number of ether oxygens (including phenoxy) is 2. The number of anilines is 1. The van der Waals surface area contributed by atoms with Crippen LogP contribution < -0.4 is 19.7 Å². The maximum absolute atomic E-state index is 12.8. The molecule has 29 heavy (non-hydrogen) atoms. The average molecular weight is 435 g/mol. The highest BCUT2D eigenvalue weighted by molar-refractivity contribution is 6.33. The first-order chi connectivity index (χ1) is 13.8. The van der Waals surface area contributed by atoms with Gasteiger partial charge in [0.15, 0.2) is 11.5 Å². The summed E-state index contributed by atoms with van der Waals surface area (Å²) in [5.74, 6) is 0.427. The molecule has 1 saturated heterocycles. The zero-order chi connectivity index (χ0) is 21.1. The van der Waals surface area contributed by atoms with Crippen LogP contribution >= 0.6 is 23.2 Å². The van der Waals surface area contributed by atoms with Crippen LogP contribution in [0.5, 0.6) is 11.5 Å². The predicted octanol–water partition coefficient (Wildman–Crippen LogP) is 5.28. The number of nitrogens with one attached hydrogen (secondary N) is 1. The number of carbonyl (C=O) groups excluding carboxylic acids is 2. The molecular weight excluding hydrogens is 415 g/mol. The Labute approximate surface area is 179 Å². The van der Waals surface area contributed by atoms with Crippen molar-refractivity contribution >= 4 is 46.9 Å². The third-order valence-corrected chi connectivity index (χ3v) is 4.49. The van der Waals surface area contributed by atoms with Gasteiger partial charge in [0.2, 0.25) is 0 Å². The second-order valence-electron chi connectivity index (χ2n) is 6.53. The van der Waals surface area contributed by atoms with Crippen LogP contribution in [0.15, 0.2) is 42.1 Å². The van der Waals surface area contributed by atoms with Crippen molar-refractivity contribution in [2.45, 2.75) is 26.9 Å². The van der Waals surface area contributed by atoms with Crippen molar-refractivity contribution in [2.75, 3.05) is 11.5 Å². The lowest BCUT2D eigenvalue weighted by Crippen LogP contribution is -2.30. The minimum Gasteiger partial charge on any atom is -0.490 e. The van der Waals surface area contributed by atoms with Crippen LogP contribution in [0.4, 0.5) is 10.5 Å². The highest BCUT2D eigenvalue weighted by Gasteiger charge is 2.34. The van der Waals surface area contributed by atoms with Crippen molar-refractivity contribution < 1.29 is 19.1 Å². The molecular formula is C21H20Cl2N2O4. The Balaban J connectivity index is 1.94. The second-order valence-corrected chi connectivity index (χ2v) is 7.38. The highest BCUT2D eigenvalue weighted by Crippen LogP contribution is 2.38. The minimum absolute atomic E-state index is 0.0838. The molecule has 0 atom stereocenters. The van der Waals surface area contributed by atoms with Gasteiger partial charge in [-0.3, -0.25) is 4.79 Å². The van der Waals surface area contributed by atoms with Gasteiger partial charge in [0.25, 0.3) is 5.91 Å². The third-order valence-electron chi connectivity index (χ3n) is 3.96. The largest absolute Gasteiger partial charge is 0.490 e. The number of benzene rings is 2. The van der Waals surface area contributed by atoms with Gasteiger partial charge in [-0.05, 0) is 68.8 Å². The lowest BCUT2D eigenvalue weighted by atomic mass is 10.1. The number of rotatable bonds is 6. The lowest BCUT2D eigenvalue weighted by Gasteiger charge is -2.16. The summed E-state index contributed by atoms with van der Waals surface area (Å²) in [4.78, 5) is 26.1. The number of imide groups is 1. The zero-order valence-corrected chi connectivity index (χ0v) is 17.7. The van der Waals surface area contributed by atoms with E-state index in [9.17, 15) is 9.59 Å². The van der Waals surface area contributed by atoms with E-state index in [4.69, 9.17) is 32.7 Å². The first-order valence-electron chi connectivity index (χ1n) is 9.05. The summed E-state index contributed by atoms with van der Waals surface area (Å²) in [6.45, 7) is 6.05. The Hall–Kier alpha value is -2.70. The van der Waals surface area contributed by atoms with E-state index in [1.807, 2.05) is 20.8 Å². The van der Waals surface area contributed by atoms with Crippen LogP contribution in [-0.4, -0.2) is 24.6 Å². The van der Waals surface area contributed by atoms with E-state index in [0.717, 1.165) is 4.90 Å². The molecule has 2 aromatic carbocycles. The Kier molecular flexibility index (Phi) is 6.35. The molecule has 2 aromatic rings. The summed E-state index contributed by atoms with van der Waals surface area (Å²) in [6.07, 6.45) is 1.46. The first kappa shape index (κ1) is 21.0. The summed E-state index contributed by atoms with van der Waals surface area (Å²) in [7, 11) is 0. The van der Waals surface area contributed by atoms with Gasteiger partial charge in [0, 0.05) is 5.02 Å². The van der Waals surface area contributed by atoms with Gasteiger partial charge in [-0.2, -0.15) is 0 Å². The summed E-state index contributed by atoms with van der Waals surface area (Å²) >= 11 is 12.3. The van der Waals surface area contributed by atoms with E-state index in [2.05, 4.69) is 5.32 Å². The van der Waals surface area contributed by atoms with Crippen LogP contribution in [0.3, 0.4) is 0 Å². The molecule has 152 valence electrons. The molecule has 0 aliphatic carbocycles. The molecule has 0 radical (unpaired) electrons. The lowest BCUT2D eigenvalue weighted by molar-refractivity contribution is -0.113. The molecule has 1 N–H and O–H groups in total. The fourth-order valence-corrected chi connectivity index (χ4v) is 3.20. The topological polar surface area (TPSA) is 67.9 Å². The molecule has 1 fully saturated rings. The number of hydrogen-bond donors (Lipinski definition) is 1. The molecule has 8 heteroatoms. The SMILES string of the molecule is CCOc1cc(/C=C2/NC(=O)N(c3ccc(Cl)cc3)C2=O)cc(Cl)c1OC(C)C. The van der Waals surface area contributed by atoms with Crippen molar-refractivity contribution in [3.63, 3.8) is 0 Å². The molecule has 3 rings (SSSR count). The van der Waals surface area contributed by atoms with Crippen molar-refractivity contribution in [2.24, 2.45) is 0 Å². The van der Waals surface area contributed by atoms with Gasteiger partial charge in [-0.15, -0.1) is 0 Å². The molecule has 0 aromatic heterocycles. The Morgan fingerprint density at radius 3 is 2.45 bits per heavy atom. The number of urea groups is 1. The van der Waals surface area contributed by atoms with E-state index >= 15 is 0 Å². The molecule has 0 bridgehead atoms. The second kappa shape index (κ2) is 8.76. The van der Waals surface area contributed by atoms with Crippen LogP contribution in [0.25, 0.3) is 6.08 Å². The number of carbonyl (C=O) groups is 2. The molecule has 0 unspecified atom stereocenters. The maximum Gasteiger partial charge on any atom is 0.333 e. The van der Waals surface area contributed by atoms with E-state index in [1.54, 1.807) is 42.5 Å². The van der Waals surface area contributed by atoms with Crippen LogP contribution in [0.1, 0.15) is 26.3 Å². The van der Waals surface area contributed by atoms with E-state index in [-0.39, 0.29) is 11.8 Å². The minimum atomic E-state index is -0.542. The Bertz CT molecular complexity index is 971. The van der Waals surface area contributed by atoms with Gasteiger partial charge in [0.1, 0.15) is 5.70 Å². The summed E-state index contributed by atoms with van der Waals surface area (Å²) in [5, 5.41) is 3.45. The molecule has 0 spiro atoms. The normalized spacial score (nSPS) is 15.2. The number of halogens is 2. The smallest absolute Gasteiger partial charge is 0.333 e. The van der Waals surface area contributed by atoms with Gasteiger partial charge < -0.3 is 14.8 Å². The van der Waals surface area contributed by atoms with Gasteiger partial charge >= 0.3 is 6.03 Å². The van der Waals surface area contributed by atoms with Gasteiger partial charge in [0.05, 0.1) is 23.4 Å². The van der Waals surface area contributed by atoms with E-state index < -0.39 is 11.9 Å². The Morgan fingerprint density at radius 2 is 1.83 bits per heavy atom. The number of hydrogen-bond acceptors (Lipinski definition) is 4. The Morgan fingerprint density at radius 1 is 1.14 bits per heavy atom. The van der Waals surface area contributed by atoms with E-state index in [1.165, 1.54) is 0 Å². The van der Waals surface area contributed by atoms with Crippen LogP contribution in [-0.2, 0) is 4.79 Å². The molecule has 6 nitrogen and oxygen atoms in total. The fourth-order valence-electron chi connectivity index (χ4n) is 2.81.